The van der Waals surface area contributed by atoms with Gasteiger partial charge in [-0.15, -0.1) is 0 Å². The van der Waals surface area contributed by atoms with Gasteiger partial charge in [-0.05, 0) is 23.6 Å². The Morgan fingerprint density at radius 1 is 1.30 bits per heavy atom. The molecule has 0 aliphatic carbocycles. The van der Waals surface area contributed by atoms with E-state index in [4.69, 9.17) is 0 Å². The van der Waals surface area contributed by atoms with Crippen LogP contribution >= 0.6 is 11.9 Å². The van der Waals surface area contributed by atoms with Crippen LogP contribution in [0.1, 0.15) is 5.56 Å². The third-order valence-electron chi connectivity index (χ3n) is 1.48. The van der Waals surface area contributed by atoms with Gasteiger partial charge in [-0.1, -0.05) is 18.2 Å². The van der Waals surface area contributed by atoms with Crippen LogP contribution in [0, 0.1) is 0 Å². The topological polar surface area (TPSA) is 24.1 Å². The summed E-state index contributed by atoms with van der Waals surface area (Å²) in [4.78, 5) is 4.33. The van der Waals surface area contributed by atoms with Crippen molar-refractivity contribution in [3.05, 3.63) is 29.8 Å². The van der Waals surface area contributed by atoms with Crippen LogP contribution < -0.4 is 10.3 Å². The number of hydrogen-bond acceptors (Lipinski definition) is 3. The van der Waals surface area contributed by atoms with Gasteiger partial charge in [0.15, 0.2) is 0 Å². The first kappa shape index (κ1) is 6.22. The average Bonchev–Trinajstić information content (AvgIpc) is 2.05. The molecule has 0 unspecified atom stereocenters. The molecule has 0 atom stereocenters. The van der Waals surface area contributed by atoms with Crippen LogP contribution in [0.25, 0.3) is 0 Å². The molecule has 0 bridgehead atoms. The summed E-state index contributed by atoms with van der Waals surface area (Å²) in [5.74, 6) is 0. The van der Waals surface area contributed by atoms with E-state index in [1.807, 2.05) is 0 Å². The van der Waals surface area contributed by atoms with Gasteiger partial charge in [0.05, 0.1) is 0 Å². The Morgan fingerprint density at radius 2 is 2.20 bits per heavy atom. The van der Waals surface area contributed by atoms with Gasteiger partial charge in [0.1, 0.15) is 0 Å². The van der Waals surface area contributed by atoms with Crippen molar-refractivity contribution in [3.63, 3.8) is 0 Å². The second kappa shape index (κ2) is 2.62. The maximum atomic E-state index is 3.05. The van der Waals surface area contributed by atoms with E-state index < -0.39 is 0 Å². The summed E-state index contributed by atoms with van der Waals surface area (Å²) in [5, 5.41) is 0. The minimum absolute atomic E-state index is 0.920. The summed E-state index contributed by atoms with van der Waals surface area (Å²) < 4.78 is 0. The van der Waals surface area contributed by atoms with Crippen molar-refractivity contribution in [2.75, 3.05) is 0 Å². The molecule has 0 radical (unpaired) electrons. The van der Waals surface area contributed by atoms with Gasteiger partial charge in [0.2, 0.25) is 0 Å². The third kappa shape index (κ3) is 1.03. The van der Waals surface area contributed by atoms with E-state index in [1.165, 1.54) is 10.5 Å². The SMILES string of the molecule is c1ccc2c(c1)CNNS2. The molecule has 0 amide bonds. The number of hydrazine groups is 1. The van der Waals surface area contributed by atoms with Crippen molar-refractivity contribution in [2.45, 2.75) is 11.4 Å². The van der Waals surface area contributed by atoms with E-state index in [2.05, 4.69) is 34.5 Å². The van der Waals surface area contributed by atoms with Crippen molar-refractivity contribution >= 4 is 11.9 Å². The summed E-state index contributed by atoms with van der Waals surface area (Å²) >= 11 is 1.63. The van der Waals surface area contributed by atoms with Gasteiger partial charge in [0, 0.05) is 11.4 Å². The predicted molar refractivity (Wildman–Crippen MR) is 42.3 cm³/mol. The van der Waals surface area contributed by atoms with Gasteiger partial charge in [-0.3, -0.25) is 0 Å². The zero-order chi connectivity index (χ0) is 6.81. The Bertz CT molecular complexity index is 212. The van der Waals surface area contributed by atoms with E-state index >= 15 is 0 Å². The van der Waals surface area contributed by atoms with Crippen molar-refractivity contribution in [2.24, 2.45) is 0 Å². The Hall–Kier alpha value is -0.510. The molecule has 0 saturated heterocycles. The standard InChI is InChI=1S/C7H8N2S/c1-2-4-7-6(3-1)5-8-9-10-7/h1-4,8-9H,5H2. The fraction of sp³-hybridized carbons (Fsp3) is 0.143. The highest BCUT2D eigenvalue weighted by Gasteiger charge is 2.05. The summed E-state index contributed by atoms with van der Waals surface area (Å²) in [6, 6.07) is 8.37. The number of rotatable bonds is 0. The molecule has 1 aliphatic heterocycles. The first-order valence-electron chi connectivity index (χ1n) is 3.19. The van der Waals surface area contributed by atoms with E-state index in [9.17, 15) is 0 Å². The van der Waals surface area contributed by atoms with E-state index in [0.29, 0.717) is 0 Å². The minimum Gasteiger partial charge on any atom is -0.243 e. The monoisotopic (exact) mass is 152 g/mol. The second-order valence-corrected chi connectivity index (χ2v) is 3.01. The number of benzene rings is 1. The molecule has 2 N–H and O–H groups in total. The van der Waals surface area contributed by atoms with Gasteiger partial charge in [-0.2, -0.15) is 4.83 Å². The Balaban J connectivity index is 2.41. The van der Waals surface area contributed by atoms with Crippen LogP contribution in [0.2, 0.25) is 0 Å². The molecular weight excluding hydrogens is 144 g/mol. The highest BCUT2D eigenvalue weighted by atomic mass is 32.2. The lowest BCUT2D eigenvalue weighted by molar-refractivity contribution is 0.661. The minimum atomic E-state index is 0.920. The van der Waals surface area contributed by atoms with E-state index in [0.717, 1.165) is 6.54 Å². The molecule has 10 heavy (non-hydrogen) atoms. The maximum absolute atomic E-state index is 3.05. The lowest BCUT2D eigenvalue weighted by Crippen LogP contribution is -2.28. The lowest BCUT2D eigenvalue weighted by atomic mass is 10.2. The van der Waals surface area contributed by atoms with Crippen molar-refractivity contribution < 1.29 is 0 Å². The number of fused-ring (bicyclic) bond motifs is 1. The fourth-order valence-corrected chi connectivity index (χ4v) is 1.64. The molecule has 1 aliphatic rings. The molecule has 0 saturated carbocycles. The molecular formula is C7H8N2S. The highest BCUT2D eigenvalue weighted by Crippen LogP contribution is 2.21. The third-order valence-corrected chi connectivity index (χ3v) is 2.35. The molecule has 0 fully saturated rings. The van der Waals surface area contributed by atoms with Crippen LogP contribution in [-0.4, -0.2) is 0 Å². The van der Waals surface area contributed by atoms with Crippen molar-refractivity contribution in [3.8, 4) is 0 Å². The average molecular weight is 152 g/mol. The summed E-state index contributed by atoms with van der Waals surface area (Å²) in [5.41, 5.74) is 4.42. The fourth-order valence-electron chi connectivity index (χ4n) is 0.972. The molecule has 1 aromatic carbocycles. The number of hydrogen-bond donors (Lipinski definition) is 2. The normalized spacial score (nSPS) is 16.4. The predicted octanol–water partition coefficient (Wildman–Crippen LogP) is 1.30. The summed E-state index contributed by atoms with van der Waals surface area (Å²) in [6.07, 6.45) is 0. The Morgan fingerprint density at radius 3 is 3.10 bits per heavy atom. The molecule has 3 heteroatoms. The molecule has 0 spiro atoms. The van der Waals surface area contributed by atoms with Crippen LogP contribution in [0.3, 0.4) is 0 Å². The molecule has 52 valence electrons. The van der Waals surface area contributed by atoms with Gasteiger partial charge >= 0.3 is 0 Å². The summed E-state index contributed by atoms with van der Waals surface area (Å²) in [6.45, 7) is 0.920. The van der Waals surface area contributed by atoms with E-state index in [-0.39, 0.29) is 0 Å². The quantitative estimate of drug-likeness (QED) is 0.548. The van der Waals surface area contributed by atoms with Crippen LogP contribution in [0.5, 0.6) is 0 Å². The van der Waals surface area contributed by atoms with Gasteiger partial charge in [0.25, 0.3) is 0 Å². The zero-order valence-corrected chi connectivity index (χ0v) is 6.24. The van der Waals surface area contributed by atoms with Crippen LogP contribution in [0.4, 0.5) is 0 Å². The van der Waals surface area contributed by atoms with E-state index in [1.54, 1.807) is 11.9 Å². The zero-order valence-electron chi connectivity index (χ0n) is 5.42. The highest BCUT2D eigenvalue weighted by molar-refractivity contribution is 7.97. The first-order chi connectivity index (χ1) is 4.97. The molecule has 2 rings (SSSR count). The van der Waals surface area contributed by atoms with Crippen LogP contribution in [-0.2, 0) is 6.54 Å². The van der Waals surface area contributed by atoms with Crippen LogP contribution in [0.15, 0.2) is 29.2 Å². The van der Waals surface area contributed by atoms with Gasteiger partial charge < -0.3 is 0 Å². The Kier molecular flexibility index (Phi) is 1.63. The van der Waals surface area contributed by atoms with Crippen molar-refractivity contribution in [1.29, 1.82) is 0 Å². The Labute approximate surface area is 64.1 Å². The largest absolute Gasteiger partial charge is 0.243 e. The number of nitrogens with one attached hydrogen (secondary N) is 2. The molecule has 1 heterocycles. The summed E-state index contributed by atoms with van der Waals surface area (Å²) in [7, 11) is 0. The molecule has 0 aromatic heterocycles. The second-order valence-electron chi connectivity index (χ2n) is 2.17. The molecule has 1 aromatic rings. The smallest absolute Gasteiger partial charge is 0.0371 e. The van der Waals surface area contributed by atoms with Gasteiger partial charge in [-0.25, -0.2) is 5.43 Å². The lowest BCUT2D eigenvalue weighted by Gasteiger charge is -2.15. The first-order valence-corrected chi connectivity index (χ1v) is 4.01. The molecule has 2 nitrogen and oxygen atoms in total. The van der Waals surface area contributed by atoms with Crippen molar-refractivity contribution in [1.82, 2.24) is 10.3 Å². The maximum Gasteiger partial charge on any atom is 0.0371 e.